The molecule has 1 fully saturated rings. The maximum absolute atomic E-state index is 13.5. The van der Waals surface area contributed by atoms with Crippen LogP contribution in [0.2, 0.25) is 0 Å². The van der Waals surface area contributed by atoms with Gasteiger partial charge in [-0.05, 0) is 31.0 Å². The SMILES string of the molecule is NC(=S)Nc1cc(F)c(OCC2CC2)c(F)c1. The highest BCUT2D eigenvalue weighted by Crippen LogP contribution is 2.32. The molecule has 0 atom stereocenters. The van der Waals surface area contributed by atoms with E-state index in [2.05, 4.69) is 17.5 Å². The van der Waals surface area contributed by atoms with Crippen LogP contribution in [0.25, 0.3) is 0 Å². The number of benzene rings is 1. The number of halogens is 2. The van der Waals surface area contributed by atoms with Crippen LogP contribution in [0.5, 0.6) is 5.75 Å². The van der Waals surface area contributed by atoms with Crippen molar-refractivity contribution in [2.75, 3.05) is 11.9 Å². The first-order valence-corrected chi connectivity index (χ1v) is 5.65. The Kier molecular flexibility index (Phi) is 3.42. The Labute approximate surface area is 103 Å². The Morgan fingerprint density at radius 1 is 1.41 bits per heavy atom. The molecule has 0 aromatic heterocycles. The number of hydrogen-bond acceptors (Lipinski definition) is 2. The maximum Gasteiger partial charge on any atom is 0.190 e. The van der Waals surface area contributed by atoms with Crippen molar-refractivity contribution in [2.24, 2.45) is 11.7 Å². The highest BCUT2D eigenvalue weighted by Gasteiger charge is 2.23. The van der Waals surface area contributed by atoms with E-state index < -0.39 is 11.6 Å². The van der Waals surface area contributed by atoms with Crippen molar-refractivity contribution in [3.05, 3.63) is 23.8 Å². The molecular weight excluding hydrogens is 246 g/mol. The van der Waals surface area contributed by atoms with E-state index in [9.17, 15) is 8.78 Å². The molecule has 3 nitrogen and oxygen atoms in total. The summed E-state index contributed by atoms with van der Waals surface area (Å²) >= 11 is 4.58. The van der Waals surface area contributed by atoms with Gasteiger partial charge >= 0.3 is 0 Å². The fraction of sp³-hybridized carbons (Fsp3) is 0.364. The smallest absolute Gasteiger partial charge is 0.190 e. The Morgan fingerprint density at radius 2 is 2.00 bits per heavy atom. The van der Waals surface area contributed by atoms with Gasteiger partial charge in [0.25, 0.3) is 0 Å². The molecule has 6 heteroatoms. The summed E-state index contributed by atoms with van der Waals surface area (Å²) in [4.78, 5) is 0. The largest absolute Gasteiger partial charge is 0.487 e. The zero-order chi connectivity index (χ0) is 12.4. The van der Waals surface area contributed by atoms with Gasteiger partial charge in [0.2, 0.25) is 0 Å². The molecule has 1 aliphatic carbocycles. The van der Waals surface area contributed by atoms with E-state index in [0.29, 0.717) is 12.5 Å². The second kappa shape index (κ2) is 4.83. The molecule has 1 aliphatic rings. The zero-order valence-corrected chi connectivity index (χ0v) is 9.82. The summed E-state index contributed by atoms with van der Waals surface area (Å²) < 4.78 is 32.2. The summed E-state index contributed by atoms with van der Waals surface area (Å²) in [7, 11) is 0. The van der Waals surface area contributed by atoms with Crippen LogP contribution in [0.1, 0.15) is 12.8 Å². The molecule has 1 aromatic rings. The van der Waals surface area contributed by atoms with E-state index in [1.165, 1.54) is 0 Å². The van der Waals surface area contributed by atoms with Crippen molar-refractivity contribution < 1.29 is 13.5 Å². The molecule has 0 radical (unpaired) electrons. The van der Waals surface area contributed by atoms with E-state index in [0.717, 1.165) is 25.0 Å². The van der Waals surface area contributed by atoms with Crippen molar-refractivity contribution in [3.63, 3.8) is 0 Å². The highest BCUT2D eigenvalue weighted by atomic mass is 32.1. The van der Waals surface area contributed by atoms with E-state index in [-0.39, 0.29) is 16.5 Å². The van der Waals surface area contributed by atoms with Gasteiger partial charge < -0.3 is 15.8 Å². The Hall–Kier alpha value is -1.43. The summed E-state index contributed by atoms with van der Waals surface area (Å²) in [6, 6.07) is 2.20. The molecule has 92 valence electrons. The molecule has 0 saturated heterocycles. The Morgan fingerprint density at radius 3 is 2.47 bits per heavy atom. The fourth-order valence-electron chi connectivity index (χ4n) is 1.40. The molecule has 0 unspecified atom stereocenters. The van der Waals surface area contributed by atoms with Gasteiger partial charge in [0, 0.05) is 17.8 Å². The standard InChI is InChI=1S/C11H12F2N2OS/c12-8-3-7(15-11(14)17)4-9(13)10(8)16-5-6-1-2-6/h3-4,6H,1-2,5H2,(H3,14,15,17). The zero-order valence-electron chi connectivity index (χ0n) is 9.00. The topological polar surface area (TPSA) is 47.3 Å². The molecule has 0 amide bonds. The molecule has 0 aliphatic heterocycles. The number of hydrogen-bond donors (Lipinski definition) is 2. The van der Waals surface area contributed by atoms with Gasteiger partial charge in [-0.2, -0.15) is 0 Å². The third-order valence-electron chi connectivity index (χ3n) is 2.43. The third kappa shape index (κ3) is 3.26. The minimum atomic E-state index is -0.760. The number of nitrogens with two attached hydrogens (primary N) is 1. The van der Waals surface area contributed by atoms with Gasteiger partial charge in [0.1, 0.15) is 0 Å². The first kappa shape index (κ1) is 12.0. The van der Waals surface area contributed by atoms with E-state index in [4.69, 9.17) is 10.5 Å². The molecule has 3 N–H and O–H groups in total. The molecule has 2 rings (SSSR count). The first-order chi connectivity index (χ1) is 8.06. The first-order valence-electron chi connectivity index (χ1n) is 5.24. The number of thiocarbonyl (C=S) groups is 1. The van der Waals surface area contributed by atoms with Crippen LogP contribution in [0.4, 0.5) is 14.5 Å². The number of rotatable bonds is 4. The van der Waals surface area contributed by atoms with Crippen LogP contribution in [-0.2, 0) is 0 Å². The van der Waals surface area contributed by atoms with E-state index >= 15 is 0 Å². The number of nitrogens with one attached hydrogen (secondary N) is 1. The van der Waals surface area contributed by atoms with Crippen LogP contribution in [0.3, 0.4) is 0 Å². The van der Waals surface area contributed by atoms with Crippen molar-refractivity contribution in [1.29, 1.82) is 0 Å². The van der Waals surface area contributed by atoms with Crippen molar-refractivity contribution in [3.8, 4) is 5.75 Å². The van der Waals surface area contributed by atoms with Gasteiger partial charge in [-0.1, -0.05) is 0 Å². The minimum absolute atomic E-state index is 0.0459. The normalized spacial score (nSPS) is 14.5. The van der Waals surface area contributed by atoms with Crippen LogP contribution in [0, 0.1) is 17.6 Å². The predicted molar refractivity (Wildman–Crippen MR) is 65.0 cm³/mol. The molecule has 0 heterocycles. The predicted octanol–water partition coefficient (Wildman–Crippen LogP) is 2.41. The third-order valence-corrected chi connectivity index (χ3v) is 2.53. The molecule has 0 spiro atoms. The highest BCUT2D eigenvalue weighted by molar-refractivity contribution is 7.80. The second-order valence-corrected chi connectivity index (χ2v) is 4.45. The van der Waals surface area contributed by atoms with Crippen molar-refractivity contribution in [1.82, 2.24) is 0 Å². The molecule has 17 heavy (non-hydrogen) atoms. The summed E-state index contributed by atoms with van der Waals surface area (Å²) in [6.07, 6.45) is 2.12. The van der Waals surface area contributed by atoms with Gasteiger partial charge in [-0.25, -0.2) is 8.78 Å². The lowest BCUT2D eigenvalue weighted by Crippen LogP contribution is -2.19. The van der Waals surface area contributed by atoms with Gasteiger partial charge in [0.05, 0.1) is 6.61 Å². The van der Waals surface area contributed by atoms with E-state index in [1.54, 1.807) is 0 Å². The fourth-order valence-corrected chi connectivity index (χ4v) is 1.52. The lowest BCUT2D eigenvalue weighted by Gasteiger charge is -2.10. The van der Waals surface area contributed by atoms with Crippen molar-refractivity contribution >= 4 is 23.0 Å². The van der Waals surface area contributed by atoms with Crippen LogP contribution in [-0.4, -0.2) is 11.7 Å². The maximum atomic E-state index is 13.5. The Bertz CT molecular complexity index is 426. The quantitative estimate of drug-likeness (QED) is 0.814. The average molecular weight is 258 g/mol. The monoisotopic (exact) mass is 258 g/mol. The lowest BCUT2D eigenvalue weighted by atomic mass is 10.2. The number of ether oxygens (including phenoxy) is 1. The lowest BCUT2D eigenvalue weighted by molar-refractivity contribution is 0.270. The molecule has 1 aromatic carbocycles. The molecule has 0 bridgehead atoms. The summed E-state index contributed by atoms with van der Waals surface area (Å²) in [5, 5.41) is 2.42. The van der Waals surface area contributed by atoms with Gasteiger partial charge in [0.15, 0.2) is 22.5 Å². The van der Waals surface area contributed by atoms with Crippen LogP contribution in [0.15, 0.2) is 12.1 Å². The summed E-state index contributed by atoms with van der Waals surface area (Å²) in [5.41, 5.74) is 5.39. The van der Waals surface area contributed by atoms with Crippen LogP contribution >= 0.6 is 12.2 Å². The number of anilines is 1. The summed E-state index contributed by atoms with van der Waals surface area (Å²) in [5.74, 6) is -1.43. The molecular formula is C11H12F2N2OS. The van der Waals surface area contributed by atoms with Gasteiger partial charge in [-0.15, -0.1) is 0 Å². The Balaban J connectivity index is 2.12. The molecule has 1 saturated carbocycles. The average Bonchev–Trinajstić information content (AvgIpc) is 2.98. The minimum Gasteiger partial charge on any atom is -0.487 e. The van der Waals surface area contributed by atoms with Crippen LogP contribution < -0.4 is 15.8 Å². The van der Waals surface area contributed by atoms with Gasteiger partial charge in [-0.3, -0.25) is 0 Å². The van der Waals surface area contributed by atoms with Crippen molar-refractivity contribution in [2.45, 2.75) is 12.8 Å². The van der Waals surface area contributed by atoms with E-state index in [1.807, 2.05) is 0 Å². The summed E-state index contributed by atoms with van der Waals surface area (Å²) in [6.45, 7) is 0.357. The second-order valence-electron chi connectivity index (χ2n) is 4.01.